The van der Waals surface area contributed by atoms with Crippen LogP contribution in [0.15, 0.2) is 90.6 Å². The fourth-order valence-corrected chi connectivity index (χ4v) is 5.14. The zero-order chi connectivity index (χ0) is 25.6. The average molecular weight is 514 g/mol. The second kappa shape index (κ2) is 11.2. The zero-order valence-corrected chi connectivity index (χ0v) is 20.9. The molecule has 1 fully saturated rings. The highest BCUT2D eigenvalue weighted by Crippen LogP contribution is 2.26. The number of benzene rings is 2. The molecule has 5 rings (SSSR count). The smallest absolute Gasteiger partial charge is 0.431 e. The normalized spacial score (nSPS) is 15.3. The van der Waals surface area contributed by atoms with Crippen molar-refractivity contribution in [3.8, 4) is 10.4 Å². The van der Waals surface area contributed by atoms with Crippen LogP contribution < -0.4 is 15.8 Å². The molecular formula is C28H27N5O3S. The van der Waals surface area contributed by atoms with Gasteiger partial charge in [0.1, 0.15) is 0 Å². The first-order chi connectivity index (χ1) is 18.0. The van der Waals surface area contributed by atoms with Crippen molar-refractivity contribution in [3.63, 3.8) is 0 Å². The van der Waals surface area contributed by atoms with Crippen molar-refractivity contribution < 1.29 is 14.7 Å². The lowest BCUT2D eigenvalue weighted by atomic mass is 10.1. The molecule has 0 spiro atoms. The zero-order valence-electron chi connectivity index (χ0n) is 20.1. The predicted octanol–water partition coefficient (Wildman–Crippen LogP) is 5.33. The first-order valence-electron chi connectivity index (χ1n) is 12.0. The lowest BCUT2D eigenvalue weighted by Crippen LogP contribution is -2.45. The van der Waals surface area contributed by atoms with Crippen molar-refractivity contribution in [2.24, 2.45) is 0 Å². The molecule has 37 heavy (non-hydrogen) atoms. The summed E-state index contributed by atoms with van der Waals surface area (Å²) in [6.07, 6.45) is 3.38. The molecule has 1 atom stereocenters. The van der Waals surface area contributed by atoms with Gasteiger partial charge in [0.2, 0.25) is 0 Å². The summed E-state index contributed by atoms with van der Waals surface area (Å²) in [6.45, 7) is 2.69. The minimum absolute atomic E-state index is 0.362. The van der Waals surface area contributed by atoms with Crippen LogP contribution in [0.2, 0.25) is 0 Å². The lowest BCUT2D eigenvalue weighted by molar-refractivity contribution is 0.0944. The molecule has 0 aliphatic carbocycles. The second-order valence-corrected chi connectivity index (χ2v) is 9.83. The Kier molecular flexibility index (Phi) is 7.43. The Morgan fingerprint density at radius 1 is 1.05 bits per heavy atom. The van der Waals surface area contributed by atoms with E-state index in [1.165, 1.54) is 0 Å². The van der Waals surface area contributed by atoms with Crippen molar-refractivity contribution in [2.45, 2.75) is 19.0 Å². The molecule has 2 amide bonds. The molecule has 1 saturated heterocycles. The van der Waals surface area contributed by atoms with E-state index in [4.69, 9.17) is 0 Å². The third-order valence-corrected chi connectivity index (χ3v) is 7.18. The van der Waals surface area contributed by atoms with Crippen molar-refractivity contribution in [1.29, 1.82) is 0 Å². The van der Waals surface area contributed by atoms with Gasteiger partial charge in [-0.3, -0.25) is 20.1 Å². The number of carboxylic acid groups (broad SMARTS) is 1. The van der Waals surface area contributed by atoms with Gasteiger partial charge >= 0.3 is 6.09 Å². The van der Waals surface area contributed by atoms with E-state index in [2.05, 4.69) is 20.6 Å². The topological polar surface area (TPSA) is 97.8 Å². The van der Waals surface area contributed by atoms with Gasteiger partial charge in [-0.05, 0) is 65.4 Å². The number of aromatic nitrogens is 1. The molecule has 1 aliphatic heterocycles. The molecule has 2 aromatic heterocycles. The van der Waals surface area contributed by atoms with E-state index in [1.54, 1.807) is 41.8 Å². The van der Waals surface area contributed by atoms with Crippen molar-refractivity contribution >= 4 is 34.7 Å². The fourth-order valence-electron chi connectivity index (χ4n) is 4.40. The average Bonchev–Trinajstić information content (AvgIpc) is 3.61. The van der Waals surface area contributed by atoms with E-state index >= 15 is 0 Å². The molecule has 3 heterocycles. The van der Waals surface area contributed by atoms with E-state index in [0.717, 1.165) is 52.8 Å². The van der Waals surface area contributed by atoms with Gasteiger partial charge in [0.15, 0.2) is 0 Å². The monoisotopic (exact) mass is 513 g/mol. The Bertz CT molecular complexity index is 1330. The second-order valence-electron chi connectivity index (χ2n) is 8.89. The molecule has 2 aromatic carbocycles. The third-order valence-electron chi connectivity index (χ3n) is 6.26. The molecule has 0 bridgehead atoms. The maximum absolute atomic E-state index is 12.8. The molecule has 8 nitrogen and oxygen atoms in total. The molecular weight excluding hydrogens is 486 g/mol. The minimum atomic E-state index is -1.27. The maximum Gasteiger partial charge on any atom is 0.431 e. The number of nitrogens with zero attached hydrogens (tertiary/aromatic N) is 3. The SMILES string of the molecule is O=C(NN(C(=O)O)c1ccc(-c2cccs2)cc1)c1ccc(CN2CCC(Nc3cccnc3)C2)cc1. The molecule has 0 radical (unpaired) electrons. The van der Waals surface area contributed by atoms with Gasteiger partial charge in [-0.2, -0.15) is 5.01 Å². The van der Waals surface area contributed by atoms with Crippen LogP contribution >= 0.6 is 11.3 Å². The number of rotatable bonds is 7. The van der Waals surface area contributed by atoms with E-state index < -0.39 is 12.0 Å². The molecule has 3 N–H and O–H groups in total. The quantitative estimate of drug-likeness (QED) is 0.289. The van der Waals surface area contributed by atoms with Crippen LogP contribution in [-0.4, -0.2) is 46.1 Å². The number of carbonyl (C=O) groups is 2. The van der Waals surface area contributed by atoms with Gasteiger partial charge in [-0.1, -0.05) is 30.3 Å². The van der Waals surface area contributed by atoms with Gasteiger partial charge < -0.3 is 10.4 Å². The van der Waals surface area contributed by atoms with Crippen LogP contribution in [0.1, 0.15) is 22.3 Å². The highest BCUT2D eigenvalue weighted by Gasteiger charge is 2.23. The molecule has 9 heteroatoms. The summed E-state index contributed by atoms with van der Waals surface area (Å²) in [5.74, 6) is -0.488. The van der Waals surface area contributed by atoms with E-state index in [9.17, 15) is 14.7 Å². The highest BCUT2D eigenvalue weighted by molar-refractivity contribution is 7.13. The Morgan fingerprint density at radius 2 is 1.86 bits per heavy atom. The standard InChI is InChI=1S/C28H27N5O3S/c34-27(31-33(28(35)36)25-11-9-21(10-12-25)26-4-2-16-37-26)22-7-5-20(6-8-22)18-32-15-13-24(19-32)30-23-3-1-14-29-17-23/h1-12,14,16-17,24,30H,13,15,18-19H2,(H,31,34)(H,35,36). The Morgan fingerprint density at radius 3 is 2.54 bits per heavy atom. The number of nitrogens with one attached hydrogen (secondary N) is 2. The highest BCUT2D eigenvalue weighted by atomic mass is 32.1. The first-order valence-corrected chi connectivity index (χ1v) is 12.9. The number of hydrogen-bond donors (Lipinski definition) is 3. The Labute approximate surface area is 219 Å². The van der Waals surface area contributed by atoms with Crippen LogP contribution in [0.25, 0.3) is 10.4 Å². The van der Waals surface area contributed by atoms with E-state index in [-0.39, 0.29) is 0 Å². The minimum Gasteiger partial charge on any atom is -0.463 e. The van der Waals surface area contributed by atoms with Gasteiger partial charge in [-0.15, -0.1) is 11.3 Å². The van der Waals surface area contributed by atoms with Crippen LogP contribution in [0, 0.1) is 0 Å². The summed E-state index contributed by atoms with van der Waals surface area (Å²) in [4.78, 5) is 32.3. The van der Waals surface area contributed by atoms with Gasteiger partial charge in [-0.25, -0.2) is 4.79 Å². The van der Waals surface area contributed by atoms with E-state index in [1.807, 2.05) is 60.1 Å². The van der Waals surface area contributed by atoms with Crippen LogP contribution in [0.5, 0.6) is 0 Å². The summed E-state index contributed by atoms with van der Waals surface area (Å²) in [5, 5.41) is 16.0. The number of amides is 2. The summed E-state index contributed by atoms with van der Waals surface area (Å²) in [6, 6.07) is 22.6. The first kappa shape index (κ1) is 24.5. The summed E-state index contributed by atoms with van der Waals surface area (Å²) in [7, 11) is 0. The van der Waals surface area contributed by atoms with E-state index in [0.29, 0.717) is 17.3 Å². The van der Waals surface area contributed by atoms with Crippen LogP contribution in [0.3, 0.4) is 0 Å². The molecule has 0 saturated carbocycles. The number of hydrazine groups is 1. The number of pyridine rings is 1. The van der Waals surface area contributed by atoms with Crippen molar-refractivity contribution in [2.75, 3.05) is 23.4 Å². The largest absolute Gasteiger partial charge is 0.463 e. The van der Waals surface area contributed by atoms with Crippen molar-refractivity contribution in [1.82, 2.24) is 15.3 Å². The number of thiophene rings is 1. The lowest BCUT2D eigenvalue weighted by Gasteiger charge is -2.20. The molecule has 1 unspecified atom stereocenters. The van der Waals surface area contributed by atoms with Gasteiger partial charge in [0, 0.05) is 48.5 Å². The molecule has 1 aliphatic rings. The Hall–Kier alpha value is -4.21. The van der Waals surface area contributed by atoms with Gasteiger partial charge in [0.25, 0.3) is 5.91 Å². The summed E-state index contributed by atoms with van der Waals surface area (Å²) >= 11 is 1.61. The molecule has 4 aromatic rings. The fraction of sp³-hybridized carbons (Fsp3) is 0.179. The third kappa shape index (κ3) is 6.14. The Balaban J connectivity index is 1.17. The predicted molar refractivity (Wildman–Crippen MR) is 146 cm³/mol. The van der Waals surface area contributed by atoms with Crippen molar-refractivity contribution in [3.05, 3.63) is 102 Å². The van der Waals surface area contributed by atoms with Crippen LogP contribution in [-0.2, 0) is 6.54 Å². The number of anilines is 2. The van der Waals surface area contributed by atoms with Crippen LogP contribution in [0.4, 0.5) is 16.2 Å². The summed E-state index contributed by atoms with van der Waals surface area (Å²) in [5.41, 5.74) is 6.36. The number of hydrogen-bond acceptors (Lipinski definition) is 6. The van der Waals surface area contributed by atoms with Gasteiger partial charge in [0.05, 0.1) is 11.4 Å². The summed E-state index contributed by atoms with van der Waals surface area (Å²) < 4.78 is 0. The molecule has 188 valence electrons. The maximum atomic E-state index is 12.8. The number of likely N-dealkylation sites (tertiary alicyclic amines) is 1. The number of carbonyl (C=O) groups excluding carboxylic acids is 1.